The van der Waals surface area contributed by atoms with Crippen LogP contribution in [0.25, 0.3) is 0 Å². The highest BCUT2D eigenvalue weighted by molar-refractivity contribution is 14.1. The molecule has 0 atom stereocenters. The number of nitrogens with one attached hydrogen (secondary N) is 1. The van der Waals surface area contributed by atoms with Gasteiger partial charge in [-0.2, -0.15) is 0 Å². The second-order valence-electron chi connectivity index (χ2n) is 2.86. The summed E-state index contributed by atoms with van der Waals surface area (Å²) >= 11 is 2.09. The minimum Gasteiger partial charge on any atom is -0.340 e. The molecule has 2 rings (SSSR count). The fourth-order valence-electron chi connectivity index (χ4n) is 1.12. The quantitative estimate of drug-likeness (QED) is 0.684. The Balaban J connectivity index is 2.22. The smallest absolute Gasteiger partial charge is 0.134 e. The minimum atomic E-state index is -0.274. The van der Waals surface area contributed by atoms with Crippen molar-refractivity contribution in [2.45, 2.75) is 0 Å². The van der Waals surface area contributed by atoms with Crippen LogP contribution in [0.4, 0.5) is 15.9 Å². The van der Waals surface area contributed by atoms with Gasteiger partial charge in [-0.1, -0.05) is 6.07 Å². The van der Waals surface area contributed by atoms with E-state index in [1.54, 1.807) is 18.2 Å². The molecule has 0 saturated heterocycles. The number of benzene rings is 1. The van der Waals surface area contributed by atoms with Crippen LogP contribution in [0.2, 0.25) is 0 Å². The fourth-order valence-corrected chi connectivity index (χ4v) is 1.54. The van der Waals surface area contributed by atoms with Crippen LogP contribution in [0, 0.1) is 9.52 Å². The zero-order valence-corrected chi connectivity index (χ0v) is 9.77. The normalized spacial score (nSPS) is 10.0. The van der Waals surface area contributed by atoms with Crippen LogP contribution in [-0.2, 0) is 0 Å². The lowest BCUT2D eigenvalue weighted by atomic mass is 10.3. The zero-order valence-electron chi connectivity index (χ0n) is 7.61. The number of aromatic nitrogens is 2. The number of hydrogen-bond acceptors (Lipinski definition) is 3. The Morgan fingerprint density at radius 1 is 1.20 bits per heavy atom. The van der Waals surface area contributed by atoms with E-state index in [-0.39, 0.29) is 5.82 Å². The summed E-state index contributed by atoms with van der Waals surface area (Å²) in [6.45, 7) is 0. The van der Waals surface area contributed by atoms with Gasteiger partial charge in [0.2, 0.25) is 0 Å². The first-order valence-corrected chi connectivity index (χ1v) is 5.32. The van der Waals surface area contributed by atoms with Crippen LogP contribution in [0.3, 0.4) is 0 Å². The van der Waals surface area contributed by atoms with Crippen molar-refractivity contribution in [3.63, 3.8) is 0 Å². The van der Waals surface area contributed by atoms with Gasteiger partial charge in [0.1, 0.15) is 21.7 Å². The van der Waals surface area contributed by atoms with E-state index < -0.39 is 0 Å². The first-order chi connectivity index (χ1) is 7.24. The lowest BCUT2D eigenvalue weighted by Crippen LogP contribution is -1.95. The number of rotatable bonds is 2. The molecule has 0 unspecified atom stereocenters. The monoisotopic (exact) mass is 315 g/mol. The number of nitrogens with zero attached hydrogens (tertiary/aromatic N) is 2. The van der Waals surface area contributed by atoms with Gasteiger partial charge in [0, 0.05) is 11.8 Å². The second kappa shape index (κ2) is 4.52. The SMILES string of the molecule is Fc1cccc(Nc2cc(I)ncn2)c1. The Labute approximate surface area is 99.9 Å². The van der Waals surface area contributed by atoms with E-state index in [0.717, 1.165) is 3.70 Å². The predicted molar refractivity (Wildman–Crippen MR) is 64.4 cm³/mol. The molecule has 1 aromatic heterocycles. The maximum atomic E-state index is 12.9. The van der Waals surface area contributed by atoms with Gasteiger partial charge in [-0.25, -0.2) is 14.4 Å². The first-order valence-electron chi connectivity index (χ1n) is 4.24. The van der Waals surface area contributed by atoms with Crippen molar-refractivity contribution in [3.8, 4) is 0 Å². The van der Waals surface area contributed by atoms with Gasteiger partial charge in [0.25, 0.3) is 0 Å². The van der Waals surface area contributed by atoms with Crippen LogP contribution in [-0.4, -0.2) is 9.97 Å². The van der Waals surface area contributed by atoms with Crippen LogP contribution in [0.1, 0.15) is 0 Å². The summed E-state index contributed by atoms with van der Waals surface area (Å²) in [7, 11) is 0. The lowest BCUT2D eigenvalue weighted by molar-refractivity contribution is 0.628. The number of hydrogen-bond donors (Lipinski definition) is 1. The van der Waals surface area contributed by atoms with Crippen LogP contribution in [0.15, 0.2) is 36.7 Å². The summed E-state index contributed by atoms with van der Waals surface area (Å²) < 4.78 is 13.7. The van der Waals surface area contributed by atoms with E-state index in [2.05, 4.69) is 37.9 Å². The molecule has 3 nitrogen and oxygen atoms in total. The van der Waals surface area contributed by atoms with Crippen LogP contribution in [0.5, 0.6) is 0 Å². The highest BCUT2D eigenvalue weighted by Gasteiger charge is 1.98. The highest BCUT2D eigenvalue weighted by atomic mass is 127. The molecule has 5 heteroatoms. The van der Waals surface area contributed by atoms with E-state index >= 15 is 0 Å². The summed E-state index contributed by atoms with van der Waals surface area (Å²) in [4.78, 5) is 7.98. The Bertz CT molecular complexity index is 432. The Hall–Kier alpha value is -1.24. The predicted octanol–water partition coefficient (Wildman–Crippen LogP) is 2.96. The highest BCUT2D eigenvalue weighted by Crippen LogP contribution is 2.15. The van der Waals surface area contributed by atoms with Crippen molar-refractivity contribution in [2.75, 3.05) is 5.32 Å². The largest absolute Gasteiger partial charge is 0.340 e. The summed E-state index contributed by atoms with van der Waals surface area (Å²) in [5.74, 6) is 0.378. The van der Waals surface area contributed by atoms with Crippen molar-refractivity contribution in [2.24, 2.45) is 0 Å². The van der Waals surface area contributed by atoms with Crippen LogP contribution >= 0.6 is 22.6 Å². The lowest BCUT2D eigenvalue weighted by Gasteiger charge is -2.04. The van der Waals surface area contributed by atoms with E-state index in [1.807, 2.05) is 0 Å². The van der Waals surface area contributed by atoms with Gasteiger partial charge >= 0.3 is 0 Å². The van der Waals surface area contributed by atoms with E-state index in [0.29, 0.717) is 11.5 Å². The molecule has 0 spiro atoms. The van der Waals surface area contributed by atoms with Gasteiger partial charge in [0.15, 0.2) is 0 Å². The summed E-state index contributed by atoms with van der Waals surface area (Å²) in [5.41, 5.74) is 0.671. The molecule has 0 fully saturated rings. The van der Waals surface area contributed by atoms with Crippen LogP contribution < -0.4 is 5.32 Å². The van der Waals surface area contributed by atoms with E-state index in [4.69, 9.17) is 0 Å². The molecule has 1 N–H and O–H groups in total. The molecular formula is C10H7FIN3. The molecule has 0 aliphatic rings. The van der Waals surface area contributed by atoms with Crippen molar-refractivity contribution >= 4 is 34.1 Å². The third-order valence-corrected chi connectivity index (χ3v) is 2.32. The van der Waals surface area contributed by atoms with Gasteiger partial charge in [-0.05, 0) is 40.8 Å². The maximum absolute atomic E-state index is 12.9. The third kappa shape index (κ3) is 2.85. The molecule has 15 heavy (non-hydrogen) atoms. The molecule has 0 saturated carbocycles. The van der Waals surface area contributed by atoms with Crippen molar-refractivity contribution < 1.29 is 4.39 Å². The average molecular weight is 315 g/mol. The molecule has 0 bridgehead atoms. The summed E-state index contributed by atoms with van der Waals surface area (Å²) in [6.07, 6.45) is 1.46. The van der Waals surface area contributed by atoms with Gasteiger partial charge in [-0.3, -0.25) is 0 Å². The van der Waals surface area contributed by atoms with E-state index in [1.165, 1.54) is 18.5 Å². The Morgan fingerprint density at radius 3 is 2.80 bits per heavy atom. The molecule has 0 amide bonds. The second-order valence-corrected chi connectivity index (χ2v) is 3.97. The molecule has 0 aliphatic carbocycles. The van der Waals surface area contributed by atoms with Gasteiger partial charge < -0.3 is 5.32 Å². The average Bonchev–Trinajstić information content (AvgIpc) is 2.17. The topological polar surface area (TPSA) is 37.8 Å². The molecular weight excluding hydrogens is 308 g/mol. The number of anilines is 2. The van der Waals surface area contributed by atoms with E-state index in [9.17, 15) is 4.39 Å². The van der Waals surface area contributed by atoms with Crippen molar-refractivity contribution in [1.82, 2.24) is 9.97 Å². The van der Waals surface area contributed by atoms with Crippen molar-refractivity contribution in [3.05, 3.63) is 46.2 Å². The fraction of sp³-hybridized carbons (Fsp3) is 0. The molecule has 1 heterocycles. The summed E-state index contributed by atoms with van der Waals surface area (Å²) in [5, 5.41) is 2.99. The maximum Gasteiger partial charge on any atom is 0.134 e. The Kier molecular flexibility index (Phi) is 3.10. The third-order valence-electron chi connectivity index (χ3n) is 1.73. The first kappa shape index (κ1) is 10.3. The summed E-state index contributed by atoms with van der Waals surface area (Å²) in [6, 6.07) is 8.01. The number of halogens is 2. The molecule has 0 radical (unpaired) electrons. The molecule has 0 aliphatic heterocycles. The molecule has 76 valence electrons. The molecule has 1 aromatic carbocycles. The standard InChI is InChI=1S/C10H7FIN3/c11-7-2-1-3-8(4-7)15-10-5-9(12)13-6-14-10/h1-6H,(H,13,14,15). The van der Waals surface area contributed by atoms with Gasteiger partial charge in [0.05, 0.1) is 0 Å². The van der Waals surface area contributed by atoms with Crippen molar-refractivity contribution in [1.29, 1.82) is 0 Å². The zero-order chi connectivity index (χ0) is 10.7. The Morgan fingerprint density at radius 2 is 2.07 bits per heavy atom. The minimum absolute atomic E-state index is 0.274. The molecule has 2 aromatic rings. The van der Waals surface area contributed by atoms with Gasteiger partial charge in [-0.15, -0.1) is 0 Å².